The number of amides is 2. The standard InChI is InChI=1S/C11H10BrNO2/c1-7-2-3-8(6-9(7)12)13-10(14)4-5-11(13)15/h2-3,6H,4-5H2,1H3. The molecule has 0 aromatic heterocycles. The van der Waals surface area contributed by atoms with Gasteiger partial charge in [0.15, 0.2) is 0 Å². The van der Waals surface area contributed by atoms with E-state index < -0.39 is 0 Å². The topological polar surface area (TPSA) is 37.4 Å². The number of nitrogens with zero attached hydrogens (tertiary/aromatic N) is 1. The first-order valence-corrected chi connectivity index (χ1v) is 5.51. The maximum absolute atomic E-state index is 11.5. The van der Waals surface area contributed by atoms with E-state index in [4.69, 9.17) is 0 Å². The Balaban J connectivity index is 2.41. The molecule has 0 atom stereocenters. The van der Waals surface area contributed by atoms with E-state index in [0.29, 0.717) is 18.5 Å². The van der Waals surface area contributed by atoms with Gasteiger partial charge in [-0.15, -0.1) is 0 Å². The molecule has 0 spiro atoms. The molecule has 0 N–H and O–H groups in total. The third-order valence-electron chi connectivity index (χ3n) is 2.47. The quantitative estimate of drug-likeness (QED) is 0.733. The Hall–Kier alpha value is -1.16. The zero-order valence-corrected chi connectivity index (χ0v) is 9.87. The van der Waals surface area contributed by atoms with Crippen molar-refractivity contribution >= 4 is 33.4 Å². The van der Waals surface area contributed by atoms with Crippen LogP contribution in [0.15, 0.2) is 22.7 Å². The van der Waals surface area contributed by atoms with Gasteiger partial charge in [0.05, 0.1) is 5.69 Å². The van der Waals surface area contributed by atoms with Gasteiger partial charge < -0.3 is 0 Å². The minimum absolute atomic E-state index is 0.115. The van der Waals surface area contributed by atoms with Crippen LogP contribution in [0.4, 0.5) is 5.69 Å². The fourth-order valence-electron chi connectivity index (χ4n) is 1.59. The van der Waals surface area contributed by atoms with E-state index in [0.717, 1.165) is 10.0 Å². The van der Waals surface area contributed by atoms with Crippen LogP contribution >= 0.6 is 15.9 Å². The Morgan fingerprint density at radius 2 is 1.80 bits per heavy atom. The van der Waals surface area contributed by atoms with E-state index in [1.165, 1.54) is 4.90 Å². The zero-order valence-electron chi connectivity index (χ0n) is 8.29. The molecule has 2 rings (SSSR count). The summed E-state index contributed by atoms with van der Waals surface area (Å²) in [5.41, 5.74) is 1.73. The van der Waals surface area contributed by atoms with Gasteiger partial charge in [0.25, 0.3) is 0 Å². The lowest BCUT2D eigenvalue weighted by atomic mass is 10.2. The number of aryl methyl sites for hydroxylation is 1. The molecule has 0 aliphatic carbocycles. The van der Waals surface area contributed by atoms with Gasteiger partial charge in [0.2, 0.25) is 11.8 Å². The summed E-state index contributed by atoms with van der Waals surface area (Å²) in [6.45, 7) is 1.96. The molecular weight excluding hydrogens is 258 g/mol. The fraction of sp³-hybridized carbons (Fsp3) is 0.273. The van der Waals surface area contributed by atoms with Crippen LogP contribution in [0, 0.1) is 6.92 Å². The molecule has 1 saturated heterocycles. The molecule has 4 heteroatoms. The third-order valence-corrected chi connectivity index (χ3v) is 3.32. The van der Waals surface area contributed by atoms with Crippen LogP contribution in [-0.2, 0) is 9.59 Å². The predicted molar refractivity (Wildman–Crippen MR) is 60.6 cm³/mol. The largest absolute Gasteiger partial charge is 0.274 e. The Labute approximate surface area is 96.2 Å². The van der Waals surface area contributed by atoms with E-state index in [2.05, 4.69) is 15.9 Å². The van der Waals surface area contributed by atoms with E-state index in [9.17, 15) is 9.59 Å². The van der Waals surface area contributed by atoms with Crippen LogP contribution in [-0.4, -0.2) is 11.8 Å². The summed E-state index contributed by atoms with van der Waals surface area (Å²) in [5.74, 6) is -0.230. The number of imide groups is 1. The number of anilines is 1. The van der Waals surface area contributed by atoms with Crippen LogP contribution in [0.1, 0.15) is 18.4 Å². The van der Waals surface area contributed by atoms with Crippen molar-refractivity contribution in [2.75, 3.05) is 4.90 Å². The van der Waals surface area contributed by atoms with Gasteiger partial charge in [-0.05, 0) is 24.6 Å². The number of hydrogen-bond donors (Lipinski definition) is 0. The lowest BCUT2D eigenvalue weighted by molar-refractivity contribution is -0.121. The lowest BCUT2D eigenvalue weighted by Crippen LogP contribution is -2.28. The van der Waals surface area contributed by atoms with Crippen molar-refractivity contribution in [1.82, 2.24) is 0 Å². The average molecular weight is 268 g/mol. The smallest absolute Gasteiger partial charge is 0.234 e. The molecular formula is C11H10BrNO2. The van der Waals surface area contributed by atoms with E-state index >= 15 is 0 Å². The predicted octanol–water partition coefficient (Wildman–Crippen LogP) is 2.41. The summed E-state index contributed by atoms with van der Waals surface area (Å²) in [4.78, 5) is 24.2. The number of carbonyl (C=O) groups excluding carboxylic acids is 2. The molecule has 0 saturated carbocycles. The molecule has 1 aromatic carbocycles. The maximum Gasteiger partial charge on any atom is 0.234 e. The van der Waals surface area contributed by atoms with Crippen LogP contribution in [0.2, 0.25) is 0 Å². The summed E-state index contributed by atoms with van der Waals surface area (Å²) in [7, 11) is 0. The molecule has 1 heterocycles. The normalized spacial score (nSPS) is 16.3. The second-order valence-corrected chi connectivity index (χ2v) is 4.41. The number of benzene rings is 1. The first kappa shape index (κ1) is 10.4. The first-order chi connectivity index (χ1) is 7.09. The van der Waals surface area contributed by atoms with Crippen LogP contribution < -0.4 is 4.90 Å². The van der Waals surface area contributed by atoms with Gasteiger partial charge in [-0.25, -0.2) is 0 Å². The highest BCUT2D eigenvalue weighted by molar-refractivity contribution is 9.10. The van der Waals surface area contributed by atoms with Crippen LogP contribution in [0.3, 0.4) is 0 Å². The minimum atomic E-state index is -0.115. The summed E-state index contributed by atoms with van der Waals surface area (Å²) in [6, 6.07) is 5.48. The number of rotatable bonds is 1. The van der Waals surface area contributed by atoms with Gasteiger partial charge >= 0.3 is 0 Å². The summed E-state index contributed by atoms with van der Waals surface area (Å²) < 4.78 is 0.910. The molecule has 15 heavy (non-hydrogen) atoms. The van der Waals surface area contributed by atoms with Gasteiger partial charge in [0.1, 0.15) is 0 Å². The van der Waals surface area contributed by atoms with E-state index in [-0.39, 0.29) is 11.8 Å². The summed E-state index contributed by atoms with van der Waals surface area (Å²) in [6.07, 6.45) is 0.647. The van der Waals surface area contributed by atoms with Gasteiger partial charge in [0, 0.05) is 17.3 Å². The van der Waals surface area contributed by atoms with Crippen molar-refractivity contribution in [3.63, 3.8) is 0 Å². The number of carbonyl (C=O) groups is 2. The average Bonchev–Trinajstić information content (AvgIpc) is 2.52. The highest BCUT2D eigenvalue weighted by Crippen LogP contribution is 2.27. The molecule has 3 nitrogen and oxygen atoms in total. The van der Waals surface area contributed by atoms with Crippen molar-refractivity contribution in [3.05, 3.63) is 28.2 Å². The fourth-order valence-corrected chi connectivity index (χ4v) is 1.95. The Morgan fingerprint density at radius 1 is 1.20 bits per heavy atom. The van der Waals surface area contributed by atoms with E-state index in [1.54, 1.807) is 12.1 Å². The molecule has 1 aliphatic rings. The molecule has 1 aliphatic heterocycles. The Morgan fingerprint density at radius 3 is 2.33 bits per heavy atom. The highest BCUT2D eigenvalue weighted by Gasteiger charge is 2.30. The van der Waals surface area contributed by atoms with Gasteiger partial charge in [-0.3, -0.25) is 14.5 Å². The molecule has 0 radical (unpaired) electrons. The van der Waals surface area contributed by atoms with E-state index in [1.807, 2.05) is 13.0 Å². The second-order valence-electron chi connectivity index (χ2n) is 3.56. The van der Waals surface area contributed by atoms with Gasteiger partial charge in [-0.1, -0.05) is 22.0 Å². The van der Waals surface area contributed by atoms with Gasteiger partial charge in [-0.2, -0.15) is 0 Å². The molecule has 78 valence electrons. The number of halogens is 1. The van der Waals surface area contributed by atoms with Crippen molar-refractivity contribution in [3.8, 4) is 0 Å². The minimum Gasteiger partial charge on any atom is -0.274 e. The molecule has 0 bridgehead atoms. The molecule has 2 amide bonds. The summed E-state index contributed by atoms with van der Waals surface area (Å²) in [5, 5.41) is 0. The van der Waals surface area contributed by atoms with Crippen molar-refractivity contribution in [1.29, 1.82) is 0 Å². The van der Waals surface area contributed by atoms with Crippen LogP contribution in [0.25, 0.3) is 0 Å². The Bertz CT molecular complexity index is 426. The third kappa shape index (κ3) is 1.81. The molecule has 1 aromatic rings. The SMILES string of the molecule is Cc1ccc(N2C(=O)CCC2=O)cc1Br. The van der Waals surface area contributed by atoms with Crippen molar-refractivity contribution < 1.29 is 9.59 Å². The second kappa shape index (κ2) is 3.77. The molecule has 0 unspecified atom stereocenters. The monoisotopic (exact) mass is 267 g/mol. The Kier molecular flexibility index (Phi) is 2.61. The maximum atomic E-state index is 11.5. The lowest BCUT2D eigenvalue weighted by Gasteiger charge is -2.14. The number of hydrogen-bond acceptors (Lipinski definition) is 2. The zero-order chi connectivity index (χ0) is 11.0. The van der Waals surface area contributed by atoms with Crippen molar-refractivity contribution in [2.24, 2.45) is 0 Å². The van der Waals surface area contributed by atoms with Crippen LogP contribution in [0.5, 0.6) is 0 Å². The highest BCUT2D eigenvalue weighted by atomic mass is 79.9. The first-order valence-electron chi connectivity index (χ1n) is 4.71. The molecule has 1 fully saturated rings. The van der Waals surface area contributed by atoms with Crippen molar-refractivity contribution in [2.45, 2.75) is 19.8 Å². The summed E-state index contributed by atoms with van der Waals surface area (Å²) >= 11 is 3.38.